The summed E-state index contributed by atoms with van der Waals surface area (Å²) in [5.41, 5.74) is 2.45. The first-order chi connectivity index (χ1) is 11.0. The number of carbonyl (C=O) groups is 1. The molecule has 0 aliphatic heterocycles. The number of benzene rings is 1. The van der Waals surface area contributed by atoms with Gasteiger partial charge in [-0.3, -0.25) is 9.48 Å². The summed E-state index contributed by atoms with van der Waals surface area (Å²) >= 11 is 3.36. The molecule has 0 aliphatic rings. The molecule has 3 aromatic rings. The van der Waals surface area contributed by atoms with Gasteiger partial charge in [-0.1, -0.05) is 12.1 Å². The van der Waals surface area contributed by atoms with Crippen LogP contribution in [0.4, 0.5) is 0 Å². The van der Waals surface area contributed by atoms with Gasteiger partial charge >= 0.3 is 0 Å². The van der Waals surface area contributed by atoms with Crippen molar-refractivity contribution in [1.82, 2.24) is 24.5 Å². The average molecular weight is 374 g/mol. The van der Waals surface area contributed by atoms with Crippen LogP contribution in [0.1, 0.15) is 16.1 Å². The molecule has 0 saturated heterocycles. The Balaban J connectivity index is 1.71. The van der Waals surface area contributed by atoms with E-state index in [0.717, 1.165) is 11.3 Å². The molecule has 2 aromatic heterocycles. The fourth-order valence-corrected chi connectivity index (χ4v) is 2.85. The van der Waals surface area contributed by atoms with Crippen molar-refractivity contribution >= 4 is 21.8 Å². The van der Waals surface area contributed by atoms with Crippen molar-refractivity contribution in [3.05, 3.63) is 64.7 Å². The zero-order valence-corrected chi connectivity index (χ0v) is 14.4. The van der Waals surface area contributed by atoms with Crippen LogP contribution in [0.15, 0.2) is 53.4 Å². The fourth-order valence-electron chi connectivity index (χ4n) is 2.31. The van der Waals surface area contributed by atoms with Crippen LogP contribution in [-0.2, 0) is 13.6 Å². The molecule has 2 heterocycles. The van der Waals surface area contributed by atoms with Gasteiger partial charge < -0.3 is 4.90 Å². The maximum atomic E-state index is 12.4. The lowest BCUT2D eigenvalue weighted by molar-refractivity contribution is 0.0777. The highest BCUT2D eigenvalue weighted by molar-refractivity contribution is 9.10. The number of rotatable bonds is 4. The van der Waals surface area contributed by atoms with Gasteiger partial charge in [-0.25, -0.2) is 4.68 Å². The van der Waals surface area contributed by atoms with Gasteiger partial charge in [-0.15, -0.1) is 0 Å². The maximum absolute atomic E-state index is 12.4. The van der Waals surface area contributed by atoms with Crippen molar-refractivity contribution in [3.8, 4) is 5.69 Å². The zero-order valence-electron chi connectivity index (χ0n) is 12.8. The summed E-state index contributed by atoms with van der Waals surface area (Å²) in [5, 5.41) is 8.38. The molecule has 0 N–H and O–H groups in total. The number of hydrogen-bond donors (Lipinski definition) is 0. The Kier molecular flexibility index (Phi) is 4.29. The van der Waals surface area contributed by atoms with Crippen LogP contribution in [0.25, 0.3) is 5.69 Å². The summed E-state index contributed by atoms with van der Waals surface area (Å²) in [6.07, 6.45) is 5.40. The quantitative estimate of drug-likeness (QED) is 0.706. The van der Waals surface area contributed by atoms with Gasteiger partial charge in [0.1, 0.15) is 0 Å². The number of aromatic nitrogens is 4. The van der Waals surface area contributed by atoms with Crippen LogP contribution >= 0.6 is 15.9 Å². The number of amides is 1. The van der Waals surface area contributed by atoms with E-state index in [9.17, 15) is 4.79 Å². The summed E-state index contributed by atoms with van der Waals surface area (Å²) in [5.74, 6) is -0.117. The second kappa shape index (κ2) is 6.37. The van der Waals surface area contributed by atoms with E-state index in [1.165, 1.54) is 0 Å². The zero-order chi connectivity index (χ0) is 16.4. The number of carbonyl (C=O) groups excluding carboxylic acids is 1. The average Bonchev–Trinajstić information content (AvgIpc) is 3.17. The van der Waals surface area contributed by atoms with Crippen molar-refractivity contribution < 1.29 is 4.79 Å². The van der Waals surface area contributed by atoms with Crippen LogP contribution in [0, 0.1) is 0 Å². The van der Waals surface area contributed by atoms with Crippen LogP contribution in [0.3, 0.4) is 0 Å². The van der Waals surface area contributed by atoms with Crippen LogP contribution < -0.4 is 0 Å². The first-order valence-electron chi connectivity index (χ1n) is 7.08. The molecule has 0 fully saturated rings. The lowest BCUT2D eigenvalue weighted by atomic mass is 10.2. The van der Waals surface area contributed by atoms with Gasteiger partial charge in [0, 0.05) is 39.2 Å². The smallest absolute Gasteiger partial charge is 0.275 e. The van der Waals surface area contributed by atoms with E-state index in [-0.39, 0.29) is 5.91 Å². The third kappa shape index (κ3) is 3.34. The van der Waals surface area contributed by atoms with Gasteiger partial charge in [-0.2, -0.15) is 10.2 Å². The molecule has 6 nitrogen and oxygen atoms in total. The summed E-state index contributed by atoms with van der Waals surface area (Å²) < 4.78 is 4.11. The Bertz CT molecular complexity index is 808. The minimum absolute atomic E-state index is 0.117. The minimum Gasteiger partial charge on any atom is -0.336 e. The number of nitrogens with zero attached hydrogens (tertiary/aromatic N) is 5. The lowest BCUT2D eigenvalue weighted by Gasteiger charge is -2.16. The van der Waals surface area contributed by atoms with Crippen molar-refractivity contribution in [3.63, 3.8) is 0 Å². The van der Waals surface area contributed by atoms with Gasteiger partial charge in [0.05, 0.1) is 10.2 Å². The Morgan fingerprint density at radius 3 is 2.61 bits per heavy atom. The van der Waals surface area contributed by atoms with Gasteiger partial charge in [0.2, 0.25) is 0 Å². The van der Waals surface area contributed by atoms with Crippen molar-refractivity contribution in [2.45, 2.75) is 6.54 Å². The number of aryl methyl sites for hydroxylation is 1. The molecule has 0 spiro atoms. The van der Waals surface area contributed by atoms with Crippen molar-refractivity contribution in [1.29, 1.82) is 0 Å². The molecule has 23 heavy (non-hydrogen) atoms. The van der Waals surface area contributed by atoms with Gasteiger partial charge in [0.15, 0.2) is 5.69 Å². The normalized spacial score (nSPS) is 10.7. The Morgan fingerprint density at radius 1 is 1.30 bits per heavy atom. The minimum atomic E-state index is -0.117. The highest BCUT2D eigenvalue weighted by Crippen LogP contribution is 2.17. The Morgan fingerprint density at radius 2 is 2.04 bits per heavy atom. The summed E-state index contributed by atoms with van der Waals surface area (Å²) in [6.45, 7) is 0.515. The second-order valence-electron chi connectivity index (χ2n) is 5.28. The third-order valence-electron chi connectivity index (χ3n) is 3.46. The fraction of sp³-hybridized carbons (Fsp3) is 0.188. The van der Waals surface area contributed by atoms with E-state index in [0.29, 0.717) is 16.7 Å². The number of hydrogen-bond acceptors (Lipinski definition) is 3. The standard InChI is InChI=1S/C16H16BrN5O/c1-20(16(23)15-14(17)11-21(2)19-15)10-12-4-6-13(7-5-12)22-9-3-8-18-22/h3-9,11H,10H2,1-2H3. The maximum Gasteiger partial charge on any atom is 0.275 e. The SMILES string of the molecule is CN(Cc1ccc(-n2cccn2)cc1)C(=O)c1nn(C)cc1Br. The van der Waals surface area contributed by atoms with Crippen molar-refractivity contribution in [2.75, 3.05) is 7.05 Å². The molecule has 3 rings (SSSR count). The molecule has 1 amide bonds. The predicted octanol–water partition coefficient (Wildman–Crippen LogP) is 2.64. The summed E-state index contributed by atoms with van der Waals surface area (Å²) in [7, 11) is 3.56. The van der Waals surface area contributed by atoms with Crippen LogP contribution in [-0.4, -0.2) is 37.4 Å². The Hall–Kier alpha value is -2.41. The van der Waals surface area contributed by atoms with E-state index in [1.807, 2.05) is 36.5 Å². The first kappa shape index (κ1) is 15.5. The van der Waals surface area contributed by atoms with Gasteiger partial charge in [0.25, 0.3) is 5.91 Å². The molecule has 1 aromatic carbocycles. The molecule has 0 atom stereocenters. The largest absolute Gasteiger partial charge is 0.336 e. The van der Waals surface area contributed by atoms with Crippen LogP contribution in [0.2, 0.25) is 0 Å². The molecule has 0 saturated carbocycles. The molecule has 0 bridgehead atoms. The molecular formula is C16H16BrN5O. The monoisotopic (exact) mass is 373 g/mol. The topological polar surface area (TPSA) is 56.0 Å². The summed E-state index contributed by atoms with van der Waals surface area (Å²) in [4.78, 5) is 14.1. The number of halogens is 1. The van der Waals surface area contributed by atoms with E-state index >= 15 is 0 Å². The third-order valence-corrected chi connectivity index (χ3v) is 4.04. The highest BCUT2D eigenvalue weighted by atomic mass is 79.9. The predicted molar refractivity (Wildman–Crippen MR) is 90.3 cm³/mol. The van der Waals surface area contributed by atoms with Gasteiger partial charge in [-0.05, 0) is 39.7 Å². The second-order valence-corrected chi connectivity index (χ2v) is 6.13. The summed E-state index contributed by atoms with van der Waals surface area (Å²) in [6, 6.07) is 9.84. The highest BCUT2D eigenvalue weighted by Gasteiger charge is 2.18. The Labute approximate surface area is 142 Å². The molecule has 118 valence electrons. The molecule has 0 aliphatic carbocycles. The molecule has 0 radical (unpaired) electrons. The lowest BCUT2D eigenvalue weighted by Crippen LogP contribution is -2.27. The molecule has 0 unspecified atom stereocenters. The van der Waals surface area contributed by atoms with Crippen LogP contribution in [0.5, 0.6) is 0 Å². The van der Waals surface area contributed by atoms with E-state index < -0.39 is 0 Å². The first-order valence-corrected chi connectivity index (χ1v) is 7.87. The van der Waals surface area contributed by atoms with Crippen molar-refractivity contribution in [2.24, 2.45) is 7.05 Å². The molecule has 7 heteroatoms. The molecular weight excluding hydrogens is 358 g/mol. The van der Waals surface area contributed by atoms with E-state index in [4.69, 9.17) is 0 Å². The van der Waals surface area contributed by atoms with E-state index in [1.54, 1.807) is 40.8 Å². The van der Waals surface area contributed by atoms with E-state index in [2.05, 4.69) is 26.1 Å².